The van der Waals surface area contributed by atoms with Crippen molar-refractivity contribution in [2.45, 2.75) is 51.6 Å². The van der Waals surface area contributed by atoms with Gasteiger partial charge in [0.1, 0.15) is 0 Å². The molecular formula is C11H20N2O. The Kier molecular flexibility index (Phi) is 4.14. The molecule has 0 spiro atoms. The average molecular weight is 196 g/mol. The second kappa shape index (κ2) is 5.15. The van der Waals surface area contributed by atoms with Gasteiger partial charge in [-0.1, -0.05) is 18.9 Å². The molecule has 3 heteroatoms. The molecule has 1 aliphatic carbocycles. The molecule has 1 amide bonds. The van der Waals surface area contributed by atoms with E-state index >= 15 is 0 Å². The molecule has 0 aromatic carbocycles. The van der Waals surface area contributed by atoms with Gasteiger partial charge in [0, 0.05) is 17.7 Å². The lowest BCUT2D eigenvalue weighted by Crippen LogP contribution is -2.49. The zero-order chi connectivity index (χ0) is 10.6. The molecule has 0 radical (unpaired) electrons. The van der Waals surface area contributed by atoms with Gasteiger partial charge < -0.3 is 11.1 Å². The SMILES string of the molecule is C/C=C(/C)C(=O)N[C@@H]1CCCC[C@H]1N. The number of hydrogen-bond acceptors (Lipinski definition) is 2. The van der Waals surface area contributed by atoms with Crippen molar-refractivity contribution in [2.24, 2.45) is 5.73 Å². The molecule has 3 nitrogen and oxygen atoms in total. The lowest BCUT2D eigenvalue weighted by atomic mass is 9.91. The molecule has 3 N–H and O–H groups in total. The number of allylic oxidation sites excluding steroid dienone is 1. The van der Waals surface area contributed by atoms with Gasteiger partial charge in [-0.05, 0) is 26.7 Å². The normalized spacial score (nSPS) is 28.6. The van der Waals surface area contributed by atoms with Crippen molar-refractivity contribution in [3.05, 3.63) is 11.6 Å². The van der Waals surface area contributed by atoms with Gasteiger partial charge in [0.25, 0.3) is 0 Å². The highest BCUT2D eigenvalue weighted by atomic mass is 16.1. The van der Waals surface area contributed by atoms with Crippen molar-refractivity contribution in [2.75, 3.05) is 0 Å². The average Bonchev–Trinajstić information content (AvgIpc) is 2.20. The highest BCUT2D eigenvalue weighted by Gasteiger charge is 2.23. The molecule has 14 heavy (non-hydrogen) atoms. The zero-order valence-electron chi connectivity index (χ0n) is 9.05. The molecule has 0 unspecified atom stereocenters. The first-order chi connectivity index (χ1) is 6.65. The molecule has 1 rings (SSSR count). The van der Waals surface area contributed by atoms with Crippen LogP contribution in [0.15, 0.2) is 11.6 Å². The number of nitrogens with two attached hydrogens (primary N) is 1. The van der Waals surface area contributed by atoms with E-state index in [1.54, 1.807) is 0 Å². The molecule has 0 bridgehead atoms. The molecule has 1 aliphatic rings. The topological polar surface area (TPSA) is 55.1 Å². The van der Waals surface area contributed by atoms with Crippen molar-refractivity contribution < 1.29 is 4.79 Å². The van der Waals surface area contributed by atoms with E-state index in [-0.39, 0.29) is 18.0 Å². The second-order valence-electron chi connectivity index (χ2n) is 4.00. The number of amides is 1. The van der Waals surface area contributed by atoms with Crippen molar-refractivity contribution in [3.8, 4) is 0 Å². The van der Waals surface area contributed by atoms with Crippen LogP contribution in [0.3, 0.4) is 0 Å². The van der Waals surface area contributed by atoms with Crippen molar-refractivity contribution in [1.82, 2.24) is 5.32 Å². The van der Waals surface area contributed by atoms with Crippen LogP contribution in [0.25, 0.3) is 0 Å². The molecule has 0 heterocycles. The zero-order valence-corrected chi connectivity index (χ0v) is 9.05. The van der Waals surface area contributed by atoms with E-state index in [1.807, 2.05) is 19.9 Å². The van der Waals surface area contributed by atoms with E-state index in [4.69, 9.17) is 5.73 Å². The van der Waals surface area contributed by atoms with Gasteiger partial charge >= 0.3 is 0 Å². The fraction of sp³-hybridized carbons (Fsp3) is 0.727. The highest BCUT2D eigenvalue weighted by molar-refractivity contribution is 5.92. The molecular weight excluding hydrogens is 176 g/mol. The smallest absolute Gasteiger partial charge is 0.246 e. The Labute approximate surface area is 85.7 Å². The fourth-order valence-electron chi connectivity index (χ4n) is 1.75. The third-order valence-corrected chi connectivity index (χ3v) is 2.93. The van der Waals surface area contributed by atoms with Crippen LogP contribution in [0.2, 0.25) is 0 Å². The van der Waals surface area contributed by atoms with Gasteiger partial charge in [0.15, 0.2) is 0 Å². The number of carbonyl (C=O) groups excluding carboxylic acids is 1. The predicted octanol–water partition coefficient (Wildman–Crippen LogP) is 1.34. The van der Waals surface area contributed by atoms with E-state index in [0.717, 1.165) is 18.4 Å². The maximum absolute atomic E-state index is 11.6. The molecule has 0 aromatic rings. The minimum atomic E-state index is 0.0230. The predicted molar refractivity (Wildman–Crippen MR) is 57.8 cm³/mol. The Hall–Kier alpha value is -0.830. The third kappa shape index (κ3) is 2.84. The summed E-state index contributed by atoms with van der Waals surface area (Å²) in [5.41, 5.74) is 6.70. The molecule has 0 saturated heterocycles. The highest BCUT2D eigenvalue weighted by Crippen LogP contribution is 2.17. The Morgan fingerprint density at radius 3 is 2.64 bits per heavy atom. The van der Waals surface area contributed by atoms with E-state index in [1.165, 1.54) is 12.8 Å². The van der Waals surface area contributed by atoms with Crippen molar-refractivity contribution in [1.29, 1.82) is 0 Å². The van der Waals surface area contributed by atoms with Gasteiger partial charge in [0.2, 0.25) is 5.91 Å². The van der Waals surface area contributed by atoms with Crippen LogP contribution in [0.4, 0.5) is 0 Å². The molecule has 80 valence electrons. The summed E-state index contributed by atoms with van der Waals surface area (Å²) in [7, 11) is 0. The minimum absolute atomic E-state index is 0.0230. The third-order valence-electron chi connectivity index (χ3n) is 2.93. The van der Waals surface area contributed by atoms with E-state index in [0.29, 0.717) is 0 Å². The Balaban J connectivity index is 2.46. The van der Waals surface area contributed by atoms with Gasteiger partial charge in [-0.3, -0.25) is 4.79 Å². The van der Waals surface area contributed by atoms with E-state index in [2.05, 4.69) is 5.32 Å². The maximum atomic E-state index is 11.6. The Morgan fingerprint density at radius 2 is 2.07 bits per heavy atom. The largest absolute Gasteiger partial charge is 0.348 e. The summed E-state index contributed by atoms with van der Waals surface area (Å²) in [4.78, 5) is 11.6. The monoisotopic (exact) mass is 196 g/mol. The van der Waals surface area contributed by atoms with E-state index < -0.39 is 0 Å². The molecule has 1 fully saturated rings. The first-order valence-electron chi connectivity index (χ1n) is 5.34. The Morgan fingerprint density at radius 1 is 1.43 bits per heavy atom. The minimum Gasteiger partial charge on any atom is -0.348 e. The van der Waals surface area contributed by atoms with Crippen LogP contribution in [0.5, 0.6) is 0 Å². The quantitative estimate of drug-likeness (QED) is 0.655. The standard InChI is InChI=1S/C11H20N2O/c1-3-8(2)11(14)13-10-7-5-4-6-9(10)12/h3,9-10H,4-7,12H2,1-2H3,(H,13,14)/b8-3-/t9-,10-/m1/s1. The lowest BCUT2D eigenvalue weighted by molar-refractivity contribution is -0.118. The maximum Gasteiger partial charge on any atom is 0.246 e. The summed E-state index contributed by atoms with van der Waals surface area (Å²) >= 11 is 0. The van der Waals surface area contributed by atoms with E-state index in [9.17, 15) is 4.79 Å². The van der Waals surface area contributed by atoms with Gasteiger partial charge in [0.05, 0.1) is 0 Å². The van der Waals surface area contributed by atoms with Crippen LogP contribution in [0, 0.1) is 0 Å². The summed E-state index contributed by atoms with van der Waals surface area (Å²) in [6.45, 7) is 3.69. The van der Waals surface area contributed by atoms with Crippen molar-refractivity contribution in [3.63, 3.8) is 0 Å². The summed E-state index contributed by atoms with van der Waals surface area (Å²) in [6, 6.07) is 0.309. The molecule has 2 atom stereocenters. The molecule has 1 saturated carbocycles. The van der Waals surface area contributed by atoms with Crippen LogP contribution in [-0.4, -0.2) is 18.0 Å². The first kappa shape index (κ1) is 11.2. The summed E-state index contributed by atoms with van der Waals surface area (Å²) in [5.74, 6) is 0.0230. The number of hydrogen-bond donors (Lipinski definition) is 2. The summed E-state index contributed by atoms with van der Waals surface area (Å²) in [6.07, 6.45) is 6.23. The first-order valence-corrected chi connectivity index (χ1v) is 5.34. The number of rotatable bonds is 2. The van der Waals surface area contributed by atoms with Gasteiger partial charge in [-0.25, -0.2) is 0 Å². The second-order valence-corrected chi connectivity index (χ2v) is 4.00. The van der Waals surface area contributed by atoms with Crippen LogP contribution < -0.4 is 11.1 Å². The Bertz CT molecular complexity index is 235. The van der Waals surface area contributed by atoms with Crippen LogP contribution in [-0.2, 0) is 4.79 Å². The fourth-order valence-corrected chi connectivity index (χ4v) is 1.75. The van der Waals surface area contributed by atoms with Crippen LogP contribution in [0.1, 0.15) is 39.5 Å². The van der Waals surface area contributed by atoms with Gasteiger partial charge in [-0.2, -0.15) is 0 Å². The van der Waals surface area contributed by atoms with Gasteiger partial charge in [-0.15, -0.1) is 0 Å². The lowest BCUT2D eigenvalue weighted by Gasteiger charge is -2.29. The van der Waals surface area contributed by atoms with Crippen LogP contribution >= 0.6 is 0 Å². The number of nitrogens with one attached hydrogen (secondary N) is 1. The summed E-state index contributed by atoms with van der Waals surface area (Å²) < 4.78 is 0. The van der Waals surface area contributed by atoms with Crippen molar-refractivity contribution >= 4 is 5.91 Å². The number of carbonyl (C=O) groups is 1. The molecule has 0 aromatic heterocycles. The molecule has 0 aliphatic heterocycles. The summed E-state index contributed by atoms with van der Waals surface area (Å²) in [5, 5.41) is 2.99.